The number of anilines is 1. The number of aliphatic hydroxyl groups excluding tert-OH is 1. The zero-order chi connectivity index (χ0) is 15.5. The molecule has 4 nitrogen and oxygen atoms in total. The number of aryl methyl sites for hydroxylation is 1. The Morgan fingerprint density at radius 2 is 1.71 bits per heavy atom. The number of hydrogen-bond acceptors (Lipinski definition) is 3. The van der Waals surface area contributed by atoms with E-state index in [0.29, 0.717) is 16.8 Å². The van der Waals surface area contributed by atoms with E-state index in [1.165, 1.54) is 4.31 Å². The highest BCUT2D eigenvalue weighted by Crippen LogP contribution is 2.22. The van der Waals surface area contributed by atoms with Gasteiger partial charge in [0.2, 0.25) is 10.0 Å². The molecule has 0 aromatic heterocycles. The molecule has 1 N–H and O–H groups in total. The first-order chi connectivity index (χ1) is 9.94. The van der Waals surface area contributed by atoms with Crippen LogP contribution in [0.2, 0.25) is 0 Å². The molecule has 112 valence electrons. The Balaban J connectivity index is 2.27. The van der Waals surface area contributed by atoms with Gasteiger partial charge in [0.1, 0.15) is 0 Å². The molecule has 0 atom stereocenters. The average Bonchev–Trinajstić information content (AvgIpc) is 2.47. The Kier molecular flexibility index (Phi) is 4.65. The second kappa shape index (κ2) is 6.28. The minimum atomic E-state index is -3.46. The van der Waals surface area contributed by atoms with Crippen molar-refractivity contribution in [2.24, 2.45) is 0 Å². The van der Waals surface area contributed by atoms with E-state index in [2.05, 4.69) is 0 Å². The fourth-order valence-electron chi connectivity index (χ4n) is 2.19. The van der Waals surface area contributed by atoms with Crippen LogP contribution in [0.4, 0.5) is 5.69 Å². The highest BCUT2D eigenvalue weighted by Gasteiger charge is 2.20. The van der Waals surface area contributed by atoms with Crippen LogP contribution in [-0.2, 0) is 22.4 Å². The largest absolute Gasteiger partial charge is 0.392 e. The van der Waals surface area contributed by atoms with Gasteiger partial charge in [0.15, 0.2) is 0 Å². The van der Waals surface area contributed by atoms with E-state index in [9.17, 15) is 8.42 Å². The Hall–Kier alpha value is -1.85. The normalized spacial score (nSPS) is 11.4. The molecular formula is C16H19NO3S. The molecule has 5 heteroatoms. The van der Waals surface area contributed by atoms with Crippen LogP contribution in [0.15, 0.2) is 48.5 Å². The summed E-state index contributed by atoms with van der Waals surface area (Å²) in [6.07, 6.45) is 0. The predicted octanol–water partition coefficient (Wildman–Crippen LogP) is 2.45. The van der Waals surface area contributed by atoms with Gasteiger partial charge in [-0.2, -0.15) is 0 Å². The highest BCUT2D eigenvalue weighted by atomic mass is 32.2. The van der Waals surface area contributed by atoms with Crippen molar-refractivity contribution in [1.29, 1.82) is 0 Å². The van der Waals surface area contributed by atoms with Crippen LogP contribution in [0.1, 0.15) is 16.7 Å². The van der Waals surface area contributed by atoms with Gasteiger partial charge in [-0.25, -0.2) is 8.42 Å². The van der Waals surface area contributed by atoms with Crippen molar-refractivity contribution in [3.8, 4) is 0 Å². The van der Waals surface area contributed by atoms with E-state index in [-0.39, 0.29) is 12.4 Å². The molecule has 2 aromatic carbocycles. The Labute approximate surface area is 125 Å². The van der Waals surface area contributed by atoms with Crippen molar-refractivity contribution >= 4 is 15.7 Å². The van der Waals surface area contributed by atoms with Crippen LogP contribution < -0.4 is 4.31 Å². The van der Waals surface area contributed by atoms with Gasteiger partial charge in [-0.05, 0) is 29.7 Å². The summed E-state index contributed by atoms with van der Waals surface area (Å²) >= 11 is 0. The smallest absolute Gasteiger partial charge is 0.239 e. The van der Waals surface area contributed by atoms with Gasteiger partial charge in [-0.3, -0.25) is 4.31 Å². The maximum absolute atomic E-state index is 12.5. The van der Waals surface area contributed by atoms with Crippen molar-refractivity contribution < 1.29 is 13.5 Å². The average molecular weight is 305 g/mol. The fourth-order valence-corrected chi connectivity index (χ4v) is 3.49. The standard InChI is InChI=1S/C16H19NO3S/c1-13-6-3-4-9-16(13)17(2)21(19,20)12-15-8-5-7-14(10-15)11-18/h3-10,18H,11-12H2,1-2H3. The topological polar surface area (TPSA) is 57.6 Å². The molecule has 0 aliphatic heterocycles. The summed E-state index contributed by atoms with van der Waals surface area (Å²) in [5, 5.41) is 9.12. The molecule has 0 unspecified atom stereocenters. The molecule has 21 heavy (non-hydrogen) atoms. The van der Waals surface area contributed by atoms with Crippen LogP contribution in [0.25, 0.3) is 0 Å². The fraction of sp³-hybridized carbons (Fsp3) is 0.250. The third-order valence-corrected chi connectivity index (χ3v) is 5.12. The van der Waals surface area contributed by atoms with Gasteiger partial charge < -0.3 is 5.11 Å². The summed E-state index contributed by atoms with van der Waals surface area (Å²) in [6, 6.07) is 14.4. The summed E-state index contributed by atoms with van der Waals surface area (Å²) in [6.45, 7) is 1.79. The van der Waals surface area contributed by atoms with Crippen LogP contribution in [0, 0.1) is 6.92 Å². The van der Waals surface area contributed by atoms with Crippen molar-refractivity contribution in [2.45, 2.75) is 19.3 Å². The maximum Gasteiger partial charge on any atom is 0.239 e. The molecule has 2 aromatic rings. The van der Waals surface area contributed by atoms with Crippen molar-refractivity contribution in [1.82, 2.24) is 0 Å². The third kappa shape index (κ3) is 3.62. The Morgan fingerprint density at radius 3 is 2.38 bits per heavy atom. The molecule has 2 rings (SSSR count). The summed E-state index contributed by atoms with van der Waals surface area (Å²) in [7, 11) is -1.90. The van der Waals surface area contributed by atoms with Crippen molar-refractivity contribution in [3.63, 3.8) is 0 Å². The molecule has 0 bridgehead atoms. The van der Waals surface area contributed by atoms with Crippen LogP contribution in [0.5, 0.6) is 0 Å². The lowest BCUT2D eigenvalue weighted by Gasteiger charge is -2.21. The van der Waals surface area contributed by atoms with E-state index in [1.807, 2.05) is 25.1 Å². The quantitative estimate of drug-likeness (QED) is 0.923. The second-order valence-corrected chi connectivity index (χ2v) is 6.99. The van der Waals surface area contributed by atoms with E-state index in [4.69, 9.17) is 5.11 Å². The third-order valence-electron chi connectivity index (χ3n) is 3.39. The molecular weight excluding hydrogens is 286 g/mol. The number of para-hydroxylation sites is 1. The lowest BCUT2D eigenvalue weighted by molar-refractivity contribution is 0.282. The predicted molar refractivity (Wildman–Crippen MR) is 84.6 cm³/mol. The molecule has 0 amide bonds. The molecule has 0 radical (unpaired) electrons. The number of aliphatic hydroxyl groups is 1. The van der Waals surface area contributed by atoms with Gasteiger partial charge in [0, 0.05) is 7.05 Å². The van der Waals surface area contributed by atoms with E-state index in [1.54, 1.807) is 37.4 Å². The zero-order valence-corrected chi connectivity index (χ0v) is 13.0. The Morgan fingerprint density at radius 1 is 1.05 bits per heavy atom. The minimum Gasteiger partial charge on any atom is -0.392 e. The first kappa shape index (κ1) is 15.5. The first-order valence-electron chi connectivity index (χ1n) is 6.65. The molecule has 0 spiro atoms. The number of nitrogens with zero attached hydrogens (tertiary/aromatic N) is 1. The SMILES string of the molecule is Cc1ccccc1N(C)S(=O)(=O)Cc1cccc(CO)c1. The molecule has 0 aliphatic carbocycles. The lowest BCUT2D eigenvalue weighted by atomic mass is 10.1. The van der Waals surface area contributed by atoms with Crippen LogP contribution in [-0.4, -0.2) is 20.6 Å². The molecule has 0 heterocycles. The van der Waals surface area contributed by atoms with Crippen molar-refractivity contribution in [2.75, 3.05) is 11.4 Å². The van der Waals surface area contributed by atoms with Crippen LogP contribution in [0.3, 0.4) is 0 Å². The monoisotopic (exact) mass is 305 g/mol. The summed E-state index contributed by atoms with van der Waals surface area (Å²) in [5.41, 5.74) is 2.96. The number of hydrogen-bond donors (Lipinski definition) is 1. The number of benzene rings is 2. The van der Waals surface area contributed by atoms with Gasteiger partial charge in [-0.15, -0.1) is 0 Å². The summed E-state index contributed by atoms with van der Waals surface area (Å²) in [5.74, 6) is -0.0916. The van der Waals surface area contributed by atoms with Gasteiger partial charge in [0.25, 0.3) is 0 Å². The number of rotatable bonds is 5. The van der Waals surface area contributed by atoms with E-state index >= 15 is 0 Å². The molecule has 0 saturated heterocycles. The number of sulfonamides is 1. The van der Waals surface area contributed by atoms with E-state index < -0.39 is 10.0 Å². The van der Waals surface area contributed by atoms with Gasteiger partial charge >= 0.3 is 0 Å². The van der Waals surface area contributed by atoms with Crippen LogP contribution >= 0.6 is 0 Å². The second-order valence-electron chi connectivity index (χ2n) is 4.99. The zero-order valence-electron chi connectivity index (χ0n) is 12.2. The highest BCUT2D eigenvalue weighted by molar-refractivity contribution is 7.92. The summed E-state index contributed by atoms with van der Waals surface area (Å²) < 4.78 is 26.3. The van der Waals surface area contributed by atoms with Gasteiger partial charge in [0.05, 0.1) is 18.0 Å². The molecule has 0 aliphatic rings. The molecule has 0 fully saturated rings. The lowest BCUT2D eigenvalue weighted by Crippen LogP contribution is -2.28. The maximum atomic E-state index is 12.5. The van der Waals surface area contributed by atoms with Crippen molar-refractivity contribution in [3.05, 3.63) is 65.2 Å². The Bertz CT molecular complexity index is 726. The minimum absolute atomic E-state index is 0.0916. The first-order valence-corrected chi connectivity index (χ1v) is 8.26. The summed E-state index contributed by atoms with van der Waals surface area (Å²) in [4.78, 5) is 0. The molecule has 0 saturated carbocycles. The van der Waals surface area contributed by atoms with E-state index in [0.717, 1.165) is 5.56 Å². The van der Waals surface area contributed by atoms with Gasteiger partial charge in [-0.1, -0.05) is 42.5 Å².